The molecule has 1 N–H and O–H groups in total. The molecule has 0 radical (unpaired) electrons. The van der Waals surface area contributed by atoms with Gasteiger partial charge in [0.25, 0.3) is 0 Å². The van der Waals surface area contributed by atoms with Crippen LogP contribution in [0.25, 0.3) is 0 Å². The zero-order valence-electron chi connectivity index (χ0n) is 12.4. The summed E-state index contributed by atoms with van der Waals surface area (Å²) in [6.45, 7) is 4.06. The molecule has 106 valence electrons. The van der Waals surface area contributed by atoms with Gasteiger partial charge >= 0.3 is 0 Å². The van der Waals surface area contributed by atoms with E-state index in [0.717, 1.165) is 13.1 Å². The number of nitrogens with zero attached hydrogens (tertiary/aromatic N) is 2. The van der Waals surface area contributed by atoms with Gasteiger partial charge in [-0.05, 0) is 25.5 Å². The van der Waals surface area contributed by atoms with E-state index in [1.54, 1.807) is 0 Å². The number of hydrogen-bond donors (Lipinski definition) is 1. The van der Waals surface area contributed by atoms with Crippen molar-refractivity contribution in [1.82, 2.24) is 10.3 Å². The third kappa shape index (κ3) is 3.93. The summed E-state index contributed by atoms with van der Waals surface area (Å²) < 4.78 is 0. The Morgan fingerprint density at radius 2 is 2.00 bits per heavy atom. The molecule has 1 heterocycles. The molecule has 0 aliphatic heterocycles. The van der Waals surface area contributed by atoms with E-state index in [4.69, 9.17) is 0 Å². The maximum absolute atomic E-state index is 4.28. The number of pyridine rings is 1. The Morgan fingerprint density at radius 3 is 2.68 bits per heavy atom. The lowest BCUT2D eigenvalue weighted by Gasteiger charge is -2.31. The van der Waals surface area contributed by atoms with Gasteiger partial charge in [-0.25, -0.2) is 0 Å². The lowest BCUT2D eigenvalue weighted by Crippen LogP contribution is -2.32. The lowest BCUT2D eigenvalue weighted by atomic mass is 10.1. The highest BCUT2D eigenvalue weighted by molar-refractivity contribution is 5.52. The van der Waals surface area contributed by atoms with Gasteiger partial charge in [-0.2, -0.15) is 0 Å². The number of rotatable bonds is 5. The normalized spacial score (nSPS) is 17.2. The van der Waals surface area contributed by atoms with Crippen molar-refractivity contribution in [3.63, 3.8) is 0 Å². The monoisotopic (exact) mass is 261 g/mol. The molecule has 0 spiro atoms. The SMILES string of the molecule is CCNCc1cnccc1N(C)C1CCCCCC1. The van der Waals surface area contributed by atoms with Gasteiger partial charge in [0, 0.05) is 43.3 Å². The summed E-state index contributed by atoms with van der Waals surface area (Å²) in [4.78, 5) is 6.76. The van der Waals surface area contributed by atoms with Crippen LogP contribution in [0.1, 0.15) is 51.0 Å². The molecule has 1 fully saturated rings. The second-order valence-electron chi connectivity index (χ2n) is 5.54. The van der Waals surface area contributed by atoms with Crippen LogP contribution in [0.2, 0.25) is 0 Å². The lowest BCUT2D eigenvalue weighted by molar-refractivity contribution is 0.550. The summed E-state index contributed by atoms with van der Waals surface area (Å²) in [5, 5.41) is 3.41. The van der Waals surface area contributed by atoms with Gasteiger partial charge in [0.15, 0.2) is 0 Å². The van der Waals surface area contributed by atoms with Crippen LogP contribution < -0.4 is 10.2 Å². The van der Waals surface area contributed by atoms with Gasteiger partial charge in [0.05, 0.1) is 0 Å². The van der Waals surface area contributed by atoms with Gasteiger partial charge in [-0.15, -0.1) is 0 Å². The second-order valence-corrected chi connectivity index (χ2v) is 5.54. The van der Waals surface area contributed by atoms with Crippen LogP contribution in [0.4, 0.5) is 5.69 Å². The third-order valence-corrected chi connectivity index (χ3v) is 4.20. The first kappa shape index (κ1) is 14.3. The molecule has 2 rings (SSSR count). The first-order valence-electron chi connectivity index (χ1n) is 7.69. The summed E-state index contributed by atoms with van der Waals surface area (Å²) in [5.74, 6) is 0. The highest BCUT2D eigenvalue weighted by atomic mass is 15.1. The quantitative estimate of drug-likeness (QED) is 0.824. The summed E-state index contributed by atoms with van der Waals surface area (Å²) in [5.41, 5.74) is 2.67. The van der Waals surface area contributed by atoms with Crippen molar-refractivity contribution < 1.29 is 0 Å². The summed E-state index contributed by atoms with van der Waals surface area (Å²) in [7, 11) is 2.25. The average Bonchev–Trinajstić information content (AvgIpc) is 2.73. The molecule has 1 aromatic heterocycles. The van der Waals surface area contributed by atoms with Crippen LogP contribution in [-0.2, 0) is 6.54 Å². The maximum atomic E-state index is 4.28. The third-order valence-electron chi connectivity index (χ3n) is 4.20. The minimum Gasteiger partial charge on any atom is -0.371 e. The summed E-state index contributed by atoms with van der Waals surface area (Å²) in [6.07, 6.45) is 12.2. The van der Waals surface area contributed by atoms with Crippen LogP contribution in [0.5, 0.6) is 0 Å². The fraction of sp³-hybridized carbons (Fsp3) is 0.688. The van der Waals surface area contributed by atoms with Crippen LogP contribution in [0.15, 0.2) is 18.5 Å². The second kappa shape index (κ2) is 7.49. The highest BCUT2D eigenvalue weighted by Crippen LogP contribution is 2.27. The molecule has 1 aromatic rings. The predicted molar refractivity (Wildman–Crippen MR) is 81.5 cm³/mol. The van der Waals surface area contributed by atoms with Gasteiger partial charge in [0.2, 0.25) is 0 Å². The molecular weight excluding hydrogens is 234 g/mol. The van der Waals surface area contributed by atoms with E-state index < -0.39 is 0 Å². The first-order valence-corrected chi connectivity index (χ1v) is 7.69. The van der Waals surface area contributed by atoms with E-state index in [9.17, 15) is 0 Å². The van der Waals surface area contributed by atoms with E-state index in [1.807, 2.05) is 12.4 Å². The largest absolute Gasteiger partial charge is 0.371 e. The minimum atomic E-state index is 0.699. The summed E-state index contributed by atoms with van der Waals surface area (Å²) in [6, 6.07) is 2.86. The Hall–Kier alpha value is -1.09. The van der Waals surface area contributed by atoms with Crippen molar-refractivity contribution in [1.29, 1.82) is 0 Å². The van der Waals surface area contributed by atoms with Gasteiger partial charge in [-0.1, -0.05) is 32.6 Å². The Balaban J connectivity index is 2.10. The van der Waals surface area contributed by atoms with Crippen LogP contribution >= 0.6 is 0 Å². The summed E-state index contributed by atoms with van der Waals surface area (Å²) >= 11 is 0. The van der Waals surface area contributed by atoms with Crippen LogP contribution in [-0.4, -0.2) is 24.6 Å². The Kier molecular flexibility index (Phi) is 5.64. The van der Waals surface area contributed by atoms with E-state index in [2.05, 4.69) is 35.2 Å². The van der Waals surface area contributed by atoms with Crippen LogP contribution in [0, 0.1) is 0 Å². The standard InChI is InChI=1S/C16H27N3/c1-3-17-12-14-13-18-11-10-16(14)19(2)15-8-6-4-5-7-9-15/h10-11,13,15,17H,3-9,12H2,1-2H3. The first-order chi connectivity index (χ1) is 9.33. The van der Waals surface area contributed by atoms with E-state index in [-0.39, 0.29) is 0 Å². The molecule has 0 aromatic carbocycles. The average molecular weight is 261 g/mol. The zero-order chi connectivity index (χ0) is 13.5. The number of anilines is 1. The van der Waals surface area contributed by atoms with Gasteiger partial charge in [-0.3, -0.25) is 4.98 Å². The highest BCUT2D eigenvalue weighted by Gasteiger charge is 2.19. The van der Waals surface area contributed by atoms with Crippen molar-refractivity contribution in [2.24, 2.45) is 0 Å². The zero-order valence-corrected chi connectivity index (χ0v) is 12.4. The Labute approximate surface area is 117 Å². The molecule has 3 nitrogen and oxygen atoms in total. The minimum absolute atomic E-state index is 0.699. The predicted octanol–water partition coefficient (Wildman–Crippen LogP) is 3.35. The van der Waals surface area contributed by atoms with Crippen LogP contribution in [0.3, 0.4) is 0 Å². The van der Waals surface area contributed by atoms with Crippen molar-refractivity contribution in [2.45, 2.75) is 58.0 Å². The van der Waals surface area contributed by atoms with Crippen molar-refractivity contribution >= 4 is 5.69 Å². The number of aromatic nitrogens is 1. The molecule has 1 aliphatic rings. The van der Waals surface area contributed by atoms with Gasteiger partial charge < -0.3 is 10.2 Å². The van der Waals surface area contributed by atoms with Crippen molar-refractivity contribution in [3.8, 4) is 0 Å². The fourth-order valence-corrected chi connectivity index (χ4v) is 3.00. The number of nitrogens with one attached hydrogen (secondary N) is 1. The van der Waals surface area contributed by atoms with E-state index >= 15 is 0 Å². The molecule has 0 saturated heterocycles. The molecule has 0 bridgehead atoms. The molecular formula is C16H27N3. The fourth-order valence-electron chi connectivity index (χ4n) is 3.00. The Bertz CT molecular complexity index is 370. The smallest absolute Gasteiger partial charge is 0.0442 e. The van der Waals surface area contributed by atoms with Gasteiger partial charge in [0.1, 0.15) is 0 Å². The van der Waals surface area contributed by atoms with Crippen molar-refractivity contribution in [3.05, 3.63) is 24.0 Å². The van der Waals surface area contributed by atoms with E-state index in [1.165, 1.54) is 49.8 Å². The Morgan fingerprint density at radius 1 is 1.26 bits per heavy atom. The molecule has 1 saturated carbocycles. The maximum Gasteiger partial charge on any atom is 0.0442 e. The topological polar surface area (TPSA) is 28.2 Å². The molecule has 0 unspecified atom stereocenters. The molecule has 3 heteroatoms. The number of hydrogen-bond acceptors (Lipinski definition) is 3. The van der Waals surface area contributed by atoms with E-state index in [0.29, 0.717) is 6.04 Å². The molecule has 0 atom stereocenters. The molecule has 19 heavy (non-hydrogen) atoms. The molecule has 0 amide bonds. The molecule has 1 aliphatic carbocycles. The van der Waals surface area contributed by atoms with Crippen molar-refractivity contribution in [2.75, 3.05) is 18.5 Å².